The number of non-ortho nitro benzene ring substituents is 1. The maximum Gasteiger partial charge on any atom is 0.286 e. The fourth-order valence-electron chi connectivity index (χ4n) is 2.39. The fourth-order valence-corrected chi connectivity index (χ4v) is 2.54. The molecule has 2 heterocycles. The van der Waals surface area contributed by atoms with Crippen molar-refractivity contribution in [3.63, 3.8) is 0 Å². The molecular formula is C18H17ClN4O5. The Kier molecular flexibility index (Phi) is 6.28. The van der Waals surface area contributed by atoms with E-state index in [9.17, 15) is 14.9 Å². The second kappa shape index (κ2) is 9.05. The standard InChI is InChI=1S/C18H17ClN4O5/c19-13-10-21-22(11-13)9-1-8-20-18(24)17-7-6-16(28-17)12-27-15-4-2-14(3-5-15)23(25)26/h2-7,10-11H,1,8-9,12H2,(H,20,24). The lowest BCUT2D eigenvalue weighted by Crippen LogP contribution is -2.24. The molecule has 0 fully saturated rings. The number of nitrogens with zero attached hydrogens (tertiary/aromatic N) is 3. The van der Waals surface area contributed by atoms with Gasteiger partial charge in [0.05, 0.1) is 16.1 Å². The van der Waals surface area contributed by atoms with Gasteiger partial charge in [0.1, 0.15) is 18.1 Å². The van der Waals surface area contributed by atoms with E-state index < -0.39 is 4.92 Å². The van der Waals surface area contributed by atoms with E-state index in [1.54, 1.807) is 29.2 Å². The molecule has 1 N–H and O–H groups in total. The summed E-state index contributed by atoms with van der Waals surface area (Å²) in [6.45, 7) is 1.20. The predicted molar refractivity (Wildman–Crippen MR) is 100 cm³/mol. The van der Waals surface area contributed by atoms with Crippen molar-refractivity contribution in [3.8, 4) is 5.75 Å². The Labute approximate surface area is 165 Å². The van der Waals surface area contributed by atoms with E-state index in [1.165, 1.54) is 24.3 Å². The van der Waals surface area contributed by atoms with Crippen LogP contribution in [-0.2, 0) is 13.2 Å². The number of aromatic nitrogens is 2. The smallest absolute Gasteiger partial charge is 0.286 e. The predicted octanol–water partition coefficient (Wildman–Crippen LogP) is 3.44. The van der Waals surface area contributed by atoms with Crippen LogP contribution in [-0.4, -0.2) is 27.2 Å². The number of hydrogen-bond acceptors (Lipinski definition) is 6. The average molecular weight is 405 g/mol. The van der Waals surface area contributed by atoms with Crippen molar-refractivity contribution in [2.24, 2.45) is 0 Å². The zero-order chi connectivity index (χ0) is 19.9. The van der Waals surface area contributed by atoms with Crippen LogP contribution in [0.25, 0.3) is 0 Å². The molecule has 3 aromatic rings. The number of furan rings is 1. The molecule has 0 spiro atoms. The number of ether oxygens (including phenoxy) is 1. The SMILES string of the molecule is O=C(NCCCn1cc(Cl)cn1)c1ccc(COc2ccc([N+](=O)[O-])cc2)o1. The highest BCUT2D eigenvalue weighted by molar-refractivity contribution is 6.30. The number of benzene rings is 1. The van der Waals surface area contributed by atoms with Crippen LogP contribution in [0.15, 0.2) is 53.2 Å². The summed E-state index contributed by atoms with van der Waals surface area (Å²) in [7, 11) is 0. The van der Waals surface area contributed by atoms with Crippen molar-refractivity contribution < 1.29 is 18.9 Å². The number of hydrogen-bond donors (Lipinski definition) is 1. The van der Waals surface area contributed by atoms with Crippen LogP contribution in [0, 0.1) is 10.1 Å². The Morgan fingerprint density at radius 2 is 2.07 bits per heavy atom. The minimum Gasteiger partial charge on any atom is -0.486 e. The molecule has 10 heteroatoms. The Morgan fingerprint density at radius 3 is 2.75 bits per heavy atom. The van der Waals surface area contributed by atoms with Crippen LogP contribution >= 0.6 is 11.6 Å². The highest BCUT2D eigenvalue weighted by Gasteiger charge is 2.11. The summed E-state index contributed by atoms with van der Waals surface area (Å²) in [4.78, 5) is 22.2. The Hall–Kier alpha value is -3.33. The molecule has 9 nitrogen and oxygen atoms in total. The molecule has 0 saturated heterocycles. The molecule has 28 heavy (non-hydrogen) atoms. The first-order valence-electron chi connectivity index (χ1n) is 8.43. The van der Waals surface area contributed by atoms with Gasteiger partial charge in [0.25, 0.3) is 11.6 Å². The van der Waals surface area contributed by atoms with E-state index in [2.05, 4.69) is 10.4 Å². The monoisotopic (exact) mass is 404 g/mol. The van der Waals surface area contributed by atoms with Crippen LogP contribution < -0.4 is 10.1 Å². The normalized spacial score (nSPS) is 10.6. The lowest BCUT2D eigenvalue weighted by atomic mass is 10.3. The summed E-state index contributed by atoms with van der Waals surface area (Å²) >= 11 is 5.79. The lowest BCUT2D eigenvalue weighted by molar-refractivity contribution is -0.384. The summed E-state index contributed by atoms with van der Waals surface area (Å²) < 4.78 is 12.7. The molecule has 146 valence electrons. The van der Waals surface area contributed by atoms with Crippen LogP contribution in [0.5, 0.6) is 5.75 Å². The van der Waals surface area contributed by atoms with Gasteiger partial charge in [-0.1, -0.05) is 11.6 Å². The van der Waals surface area contributed by atoms with Crippen molar-refractivity contribution in [2.45, 2.75) is 19.6 Å². The topological polar surface area (TPSA) is 112 Å². The van der Waals surface area contributed by atoms with Crippen LogP contribution in [0.2, 0.25) is 5.02 Å². The Balaban J connectivity index is 1.42. The molecule has 0 unspecified atom stereocenters. The first-order valence-corrected chi connectivity index (χ1v) is 8.81. The molecule has 0 radical (unpaired) electrons. The second-order valence-electron chi connectivity index (χ2n) is 5.84. The molecule has 0 bridgehead atoms. The zero-order valence-corrected chi connectivity index (χ0v) is 15.5. The molecule has 2 aromatic heterocycles. The first kappa shape index (κ1) is 19.4. The van der Waals surface area contributed by atoms with Crippen LogP contribution in [0.1, 0.15) is 22.7 Å². The van der Waals surface area contributed by atoms with Gasteiger partial charge in [0.2, 0.25) is 0 Å². The number of aryl methyl sites for hydroxylation is 1. The van der Waals surface area contributed by atoms with Gasteiger partial charge in [-0.05, 0) is 30.7 Å². The maximum atomic E-state index is 12.1. The van der Waals surface area contributed by atoms with Crippen molar-refractivity contribution in [3.05, 3.63) is 75.4 Å². The number of nitro benzene ring substituents is 1. The van der Waals surface area contributed by atoms with Gasteiger partial charge in [-0.15, -0.1) is 0 Å². The molecule has 3 rings (SSSR count). The van der Waals surface area contributed by atoms with Crippen molar-refractivity contribution in [1.29, 1.82) is 0 Å². The summed E-state index contributed by atoms with van der Waals surface area (Å²) in [5.41, 5.74) is -0.0139. The van der Waals surface area contributed by atoms with E-state index in [1.807, 2.05) is 0 Å². The molecule has 0 aliphatic heterocycles. The van der Waals surface area contributed by atoms with Gasteiger partial charge in [-0.3, -0.25) is 19.6 Å². The van der Waals surface area contributed by atoms with E-state index in [-0.39, 0.29) is 24.0 Å². The molecule has 0 saturated carbocycles. The minimum atomic E-state index is -0.481. The number of amides is 1. The highest BCUT2D eigenvalue weighted by atomic mass is 35.5. The number of carbonyl (C=O) groups is 1. The maximum absolute atomic E-state index is 12.1. The lowest BCUT2D eigenvalue weighted by Gasteiger charge is -2.05. The summed E-state index contributed by atoms with van der Waals surface area (Å²) in [6.07, 6.45) is 3.97. The van der Waals surface area contributed by atoms with Gasteiger partial charge >= 0.3 is 0 Å². The van der Waals surface area contributed by atoms with E-state index in [4.69, 9.17) is 20.8 Å². The average Bonchev–Trinajstić information content (AvgIpc) is 3.33. The van der Waals surface area contributed by atoms with E-state index >= 15 is 0 Å². The van der Waals surface area contributed by atoms with Gasteiger partial charge < -0.3 is 14.5 Å². The third kappa shape index (κ3) is 5.34. The molecule has 0 aliphatic rings. The minimum absolute atomic E-state index is 0.0139. The largest absolute Gasteiger partial charge is 0.486 e. The summed E-state index contributed by atoms with van der Waals surface area (Å²) in [5, 5.41) is 18.0. The van der Waals surface area contributed by atoms with E-state index in [0.717, 1.165) is 0 Å². The summed E-state index contributed by atoms with van der Waals surface area (Å²) in [5.74, 6) is 0.797. The number of halogens is 1. The number of nitrogens with one attached hydrogen (secondary N) is 1. The molecule has 1 aromatic carbocycles. The van der Waals surface area contributed by atoms with E-state index in [0.29, 0.717) is 36.0 Å². The zero-order valence-electron chi connectivity index (χ0n) is 14.7. The highest BCUT2D eigenvalue weighted by Crippen LogP contribution is 2.19. The first-order chi connectivity index (χ1) is 13.5. The van der Waals surface area contributed by atoms with Gasteiger partial charge in [0.15, 0.2) is 5.76 Å². The number of carbonyl (C=O) groups excluding carboxylic acids is 1. The second-order valence-corrected chi connectivity index (χ2v) is 6.27. The third-order valence-electron chi connectivity index (χ3n) is 3.77. The fraction of sp³-hybridized carbons (Fsp3) is 0.222. The third-order valence-corrected chi connectivity index (χ3v) is 3.96. The van der Waals surface area contributed by atoms with Crippen molar-refractivity contribution in [2.75, 3.05) is 6.54 Å². The van der Waals surface area contributed by atoms with Gasteiger partial charge in [-0.25, -0.2) is 0 Å². The molecule has 0 aliphatic carbocycles. The number of rotatable bonds is 9. The quantitative estimate of drug-likeness (QED) is 0.332. The van der Waals surface area contributed by atoms with Crippen molar-refractivity contribution in [1.82, 2.24) is 15.1 Å². The molecule has 1 amide bonds. The Bertz CT molecular complexity index is 951. The van der Waals surface area contributed by atoms with Crippen LogP contribution in [0.3, 0.4) is 0 Å². The molecule has 0 atom stereocenters. The van der Waals surface area contributed by atoms with Crippen LogP contribution in [0.4, 0.5) is 5.69 Å². The van der Waals surface area contributed by atoms with Gasteiger partial charge in [-0.2, -0.15) is 5.10 Å². The Morgan fingerprint density at radius 1 is 1.29 bits per heavy atom. The number of nitro groups is 1. The summed E-state index contributed by atoms with van der Waals surface area (Å²) in [6, 6.07) is 8.92. The van der Waals surface area contributed by atoms with Crippen molar-refractivity contribution >= 4 is 23.2 Å². The van der Waals surface area contributed by atoms with Gasteiger partial charge in [0, 0.05) is 31.4 Å². The molecular weight excluding hydrogens is 388 g/mol.